The summed E-state index contributed by atoms with van der Waals surface area (Å²) in [6.07, 6.45) is -33.4. The molecule has 26 N–H and O–H groups in total. The minimum atomic E-state index is -1.85. The van der Waals surface area contributed by atoms with Gasteiger partial charge in [0.1, 0.15) is 163 Å². The van der Waals surface area contributed by atoms with Gasteiger partial charge in [0.2, 0.25) is 23.6 Å². The lowest BCUT2D eigenvalue weighted by atomic mass is 9.85. The zero-order valence-corrected chi connectivity index (χ0v) is 83.5. The van der Waals surface area contributed by atoms with Gasteiger partial charge in [0.05, 0.1) is 75.2 Å². The van der Waals surface area contributed by atoms with Gasteiger partial charge < -0.3 is 186 Å². The van der Waals surface area contributed by atoms with Crippen LogP contribution in [-0.4, -0.2) is 453 Å². The van der Waals surface area contributed by atoms with E-state index in [0.29, 0.717) is 89.1 Å². The minimum absolute atomic E-state index is 0.0120. The number of halogens is 1. The molecule has 6 heterocycles. The molecule has 49 heteroatoms. The molecule has 0 aromatic heterocycles. The summed E-state index contributed by atoms with van der Waals surface area (Å²) in [6.45, 7) is 17.6. The maximum Gasteiger partial charge on any atom is 0.234 e. The topological polar surface area (TPSA) is 726 Å². The Kier molecular flexibility index (Phi) is 69.4. The fourth-order valence-corrected chi connectivity index (χ4v) is 16.8. The van der Waals surface area contributed by atoms with Crippen LogP contribution in [0.5, 0.6) is 0 Å². The Morgan fingerprint density at radius 2 is 0.761 bits per heavy atom. The van der Waals surface area contributed by atoms with Gasteiger partial charge in [-0.05, 0) is 123 Å². The number of unbranched alkanes of at least 4 members (excludes halogenated alkanes) is 5. The molecule has 6 fully saturated rings. The number of aliphatic hydroxyl groups excluding tert-OH is 20. The molecule has 0 aliphatic carbocycles. The number of amides is 4. The summed E-state index contributed by atoms with van der Waals surface area (Å²) in [5, 5.41) is 213. The number of hydrogen-bond acceptors (Lipinski definition) is 44. The molecule has 6 aliphatic heterocycles. The number of aliphatic hydroxyl groups is 20. The maximum absolute atomic E-state index is 12.9. The van der Waals surface area contributed by atoms with E-state index in [0.717, 1.165) is 70.6 Å². The molecule has 138 heavy (non-hydrogen) atoms. The Hall–Kier alpha value is -3.68. The van der Waals surface area contributed by atoms with Crippen LogP contribution in [0.4, 0.5) is 0 Å². The first-order chi connectivity index (χ1) is 65.7. The smallest absolute Gasteiger partial charge is 0.234 e. The average molecular weight is 2070 g/mol. The maximum atomic E-state index is 12.9. The second-order valence-corrected chi connectivity index (χ2v) is 37.0. The highest BCUT2D eigenvalue weighted by Crippen LogP contribution is 2.38. The third kappa shape index (κ3) is 46.2. The minimum Gasteiger partial charge on any atom is -0.394 e. The second-order valence-electron chi connectivity index (χ2n) is 34.3. The normalized spacial score (nSPS) is 32.2. The fraction of sp³-hybridized carbons (Fsp3) is 0.888. The van der Waals surface area contributed by atoms with E-state index in [1.165, 1.54) is 44.3 Å². The first-order valence-electron chi connectivity index (χ1n) is 47.4. The summed E-state index contributed by atoms with van der Waals surface area (Å²) in [5.74, 6) is 1.48. The molecule has 45 nitrogen and oxygen atoms in total. The van der Waals surface area contributed by atoms with Crippen LogP contribution in [0.1, 0.15) is 177 Å². The number of hydrogen-bond donors (Lipinski definition) is 26. The summed E-state index contributed by atoms with van der Waals surface area (Å²) in [6, 6.07) is 0. The molecule has 0 aromatic carbocycles. The highest BCUT2D eigenvalue weighted by Gasteiger charge is 2.57. The van der Waals surface area contributed by atoms with Crippen molar-refractivity contribution in [2.24, 2.45) is 23.5 Å². The molecule has 808 valence electrons. The summed E-state index contributed by atoms with van der Waals surface area (Å²) in [4.78, 5) is 94.4. The van der Waals surface area contributed by atoms with E-state index in [9.17, 15) is 135 Å². The number of thioether (sulfide) groups is 2. The number of ketones is 4. The van der Waals surface area contributed by atoms with Crippen LogP contribution in [0.25, 0.3) is 0 Å². The van der Waals surface area contributed by atoms with E-state index >= 15 is 0 Å². The molecule has 6 aliphatic rings. The van der Waals surface area contributed by atoms with Gasteiger partial charge in [-0.3, -0.25) is 38.4 Å². The third-order valence-electron chi connectivity index (χ3n) is 23.6. The molecule has 0 bridgehead atoms. The lowest BCUT2D eigenvalue weighted by Gasteiger charge is -2.48. The Labute approximate surface area is 826 Å². The van der Waals surface area contributed by atoms with E-state index in [4.69, 9.17) is 79.3 Å². The van der Waals surface area contributed by atoms with Crippen molar-refractivity contribution in [2.75, 3.05) is 114 Å². The molecule has 34 atom stereocenters. The van der Waals surface area contributed by atoms with Crippen LogP contribution in [0.3, 0.4) is 0 Å². The quantitative estimate of drug-likeness (QED) is 0.0118. The molecule has 0 radical (unpaired) electrons. The fourth-order valence-electron chi connectivity index (χ4n) is 15.0. The molecule has 4 amide bonds. The van der Waals surface area contributed by atoms with Crippen molar-refractivity contribution in [1.82, 2.24) is 21.3 Å². The van der Waals surface area contributed by atoms with Crippen molar-refractivity contribution in [3.05, 3.63) is 13.2 Å². The zero-order chi connectivity index (χ0) is 104. The van der Waals surface area contributed by atoms with Crippen LogP contribution >= 0.6 is 47.8 Å². The van der Waals surface area contributed by atoms with Crippen molar-refractivity contribution in [2.45, 2.75) is 367 Å². The number of rotatable bonds is 60. The van der Waals surface area contributed by atoms with E-state index in [1.807, 2.05) is 13.8 Å². The van der Waals surface area contributed by atoms with Gasteiger partial charge in [-0.2, -0.15) is 12.6 Å². The van der Waals surface area contributed by atoms with E-state index in [2.05, 4.69) is 54.0 Å². The Balaban J connectivity index is 0.000000646. The van der Waals surface area contributed by atoms with Crippen LogP contribution in [0.2, 0.25) is 0 Å². The highest BCUT2D eigenvalue weighted by atomic mass is 35.5. The number of carbonyl (C=O) groups excluding carboxylic acids is 8. The van der Waals surface area contributed by atoms with Crippen molar-refractivity contribution < 1.29 is 197 Å². The number of thiol groups is 1. The predicted molar refractivity (Wildman–Crippen MR) is 503 cm³/mol. The second kappa shape index (κ2) is 73.4. The van der Waals surface area contributed by atoms with Crippen LogP contribution in [-0.2, 0) is 95.2 Å². The molecule has 6 saturated heterocycles. The first kappa shape index (κ1) is 130. The summed E-state index contributed by atoms with van der Waals surface area (Å²) in [7, 11) is 0. The van der Waals surface area contributed by atoms with Crippen LogP contribution in [0, 0.1) is 17.8 Å². The van der Waals surface area contributed by atoms with Gasteiger partial charge in [0.15, 0.2) is 37.7 Å². The molecule has 0 spiro atoms. The van der Waals surface area contributed by atoms with Crippen molar-refractivity contribution in [1.29, 1.82) is 0 Å². The van der Waals surface area contributed by atoms with Crippen molar-refractivity contribution >= 4 is 94.5 Å². The number of ether oxygens (including phenoxy) is 12. The number of nitrogens with one attached hydrogen (secondary N) is 4. The molecule has 0 saturated carbocycles. The van der Waals surface area contributed by atoms with Gasteiger partial charge in [0.25, 0.3) is 0 Å². The largest absolute Gasteiger partial charge is 0.394 e. The third-order valence-corrected chi connectivity index (χ3v) is 26.2. The number of nitrogens with two attached hydrogens (primary N) is 1. The Morgan fingerprint density at radius 1 is 0.413 bits per heavy atom. The van der Waals surface area contributed by atoms with Crippen LogP contribution < -0.4 is 27.0 Å². The van der Waals surface area contributed by atoms with E-state index < -0.39 is 217 Å². The number of alkyl halides is 1. The number of carbonyl (C=O) groups is 8. The lowest BCUT2D eigenvalue weighted by Crippen LogP contribution is -2.67. The zero-order valence-electron chi connectivity index (χ0n) is 80.2. The summed E-state index contributed by atoms with van der Waals surface area (Å²) < 4.78 is 68.1. The van der Waals surface area contributed by atoms with Gasteiger partial charge in [-0.25, -0.2) is 0 Å². The Bertz CT molecular complexity index is 3320. The monoisotopic (exact) mass is 2070 g/mol. The molecule has 6 rings (SSSR count). The lowest BCUT2D eigenvalue weighted by molar-refractivity contribution is -0.390. The summed E-state index contributed by atoms with van der Waals surface area (Å²) >= 11 is 12.0. The SMILES string of the molecule is C=C.CC1O[C@@H](OC2[C@H](OCCCCC(=O)CCCS)OC(CO)[C@H](O)[C@@H]2O[C@H]2OC(CO)[C@H](O)[C@H](O)C2O)C(O)[C@@H](O)[C@@H]1O.CC1O[C@@H](OC2[C@H](OCCCN)OC(CO)[C@H](O)[C@@H]2O[C@H]2OC(CO)[C@H](O)[C@H](O)C2O)C(O)[C@@H](O)[C@@H]1O.CCCCNC(=O)CSCC(=O)NCCCC[C@H](CC(=O)[C@@H](CC)CCCCNC(=O)CSCC(O)CO)C(C)=O.CC[C@@H](CCCCNC(=O)CCl)C(C)=O. The predicted octanol–water partition coefficient (Wildman–Crippen LogP) is -4.83. The van der Waals surface area contributed by atoms with E-state index in [1.54, 1.807) is 6.92 Å². The van der Waals surface area contributed by atoms with Gasteiger partial charge in [0, 0.05) is 75.6 Å². The Morgan fingerprint density at radius 3 is 1.14 bits per heavy atom. The molecular formula is C89H162ClN5O40S3. The molecular weight excluding hydrogens is 1910 g/mol. The van der Waals surface area contributed by atoms with Gasteiger partial charge in [-0.1, -0.05) is 46.5 Å². The van der Waals surface area contributed by atoms with Gasteiger partial charge in [-0.15, -0.1) is 48.3 Å². The molecule has 0 aromatic rings. The van der Waals surface area contributed by atoms with Crippen molar-refractivity contribution in [3.63, 3.8) is 0 Å². The average Bonchev–Trinajstić information content (AvgIpc) is 0.774. The molecule has 13 unspecified atom stereocenters. The van der Waals surface area contributed by atoms with Crippen molar-refractivity contribution in [3.8, 4) is 0 Å². The number of Topliss-reactive ketones (excluding diaryl/α,β-unsaturated/α-hetero) is 4. The van der Waals surface area contributed by atoms with Crippen LogP contribution in [0.15, 0.2) is 13.2 Å². The van der Waals surface area contributed by atoms with Gasteiger partial charge >= 0.3 is 0 Å². The van der Waals surface area contributed by atoms with E-state index in [-0.39, 0.29) is 120 Å². The first-order valence-corrected chi connectivity index (χ1v) is 50.9. The summed E-state index contributed by atoms with van der Waals surface area (Å²) in [5.41, 5.74) is 5.51. The standard InChI is InChI=1S/C29H53N3O7S2.C26H46O16S.C21H39NO15.C11H20ClNO2.C2H4/c1-4-6-13-30-28(38)20-41-21-29(39)32-15-10-8-12-24(22(3)34)16-26(36)23(5-2)11-7-9-14-31-27(37)19-40-18-25(35)17-33;1-11-15(30)18(33)20(35)24(38-11)42-23-22(41-25-21(36)19(34)16(31)13(9-27)39-25)17(32)14(10-28)40-26(23)37-7-3-2-5-12(29)6-4-8-43;1-7-10(25)13(28)15(30)19(33-7)37-18-17(12(27)9(6-24)35-21(18)32-4-2-3-22)36-20-16(31)14(29)11(26)8(5-23)34-20;1-3-10(9(2)14)6-4-5-7-13-11(15)8-12;1-2/h23-25,33,35H,4-21H2,1-3H3,(H,30,38)(H,31,37)(H,32,39);11,13-28,30-36,43H,2-10H2,1H3;7-21,23-31H,2-6,22H2,1H3;10H,3-8H2,1-2H3,(H,13,15);1-2H2/t23-,24+,25?;11?,13?,14?,15-,16+,17+,18+,19+,20?,21?,22+,23?,24+,25-,26-;7?,8?,9?,10-,11+,12+,13+,14+,15?,16?,17+,18?,19+,20-,21-;10-;/m0110./s1. The highest BCUT2D eigenvalue weighted by molar-refractivity contribution is 8.00.